The van der Waals surface area contributed by atoms with Crippen molar-refractivity contribution >= 4 is 16.9 Å². The molecule has 1 aliphatic rings. The molecule has 0 N–H and O–H groups in total. The molecule has 26 heavy (non-hydrogen) atoms. The Bertz CT molecular complexity index is 880. The minimum Gasteiger partial charge on any atom is -0.373 e. The van der Waals surface area contributed by atoms with E-state index in [9.17, 15) is 5.26 Å². The average molecular weight is 364 g/mol. The van der Waals surface area contributed by atoms with Crippen LogP contribution in [0.1, 0.15) is 43.2 Å². The highest BCUT2D eigenvalue weighted by atomic mass is 32.1. The number of nitrogens with zero attached hydrogens (tertiary/aromatic N) is 1. The summed E-state index contributed by atoms with van der Waals surface area (Å²) in [5.41, 5.74) is 6.13. The molecule has 0 radical (unpaired) electrons. The van der Waals surface area contributed by atoms with Crippen LogP contribution in [0.2, 0.25) is 0 Å². The third kappa shape index (κ3) is 4.15. The first kappa shape index (κ1) is 18.6. The summed E-state index contributed by atoms with van der Waals surface area (Å²) in [6, 6.07) is 13.3. The van der Waals surface area contributed by atoms with E-state index < -0.39 is 0 Å². The monoisotopic (exact) mass is 363 g/mol. The van der Waals surface area contributed by atoms with Crippen LogP contribution in [-0.4, -0.2) is 12.7 Å². The molecule has 2 nitrogen and oxygen atoms in total. The van der Waals surface area contributed by atoms with Crippen LogP contribution in [0.5, 0.6) is 0 Å². The maximum Gasteiger partial charge on any atom is 0.0971 e. The van der Waals surface area contributed by atoms with Gasteiger partial charge in [0.25, 0.3) is 0 Å². The van der Waals surface area contributed by atoms with Gasteiger partial charge in [-0.05, 0) is 80.5 Å². The lowest BCUT2D eigenvalue weighted by atomic mass is 10.0. The number of fused-ring (bicyclic) bond motifs is 1. The number of hydrogen-bond acceptors (Lipinski definition) is 3. The zero-order valence-corrected chi connectivity index (χ0v) is 16.5. The van der Waals surface area contributed by atoms with E-state index in [4.69, 9.17) is 4.74 Å². The van der Waals surface area contributed by atoms with Gasteiger partial charge >= 0.3 is 0 Å². The quantitative estimate of drug-likeness (QED) is 0.453. The van der Waals surface area contributed by atoms with E-state index in [1.54, 1.807) is 11.3 Å². The van der Waals surface area contributed by atoms with Gasteiger partial charge in [0, 0.05) is 9.75 Å². The minimum absolute atomic E-state index is 0.120. The van der Waals surface area contributed by atoms with Gasteiger partial charge in [-0.3, -0.25) is 0 Å². The van der Waals surface area contributed by atoms with Crippen molar-refractivity contribution in [1.82, 2.24) is 0 Å². The Morgan fingerprint density at radius 1 is 1.27 bits per heavy atom. The topological polar surface area (TPSA) is 33.0 Å². The number of rotatable bonds is 6. The summed E-state index contributed by atoms with van der Waals surface area (Å²) < 4.78 is 5.59. The molecule has 2 aromatic rings. The average Bonchev–Trinajstić information content (AvgIpc) is 3.31. The molecule has 1 aliphatic carbocycles. The van der Waals surface area contributed by atoms with Gasteiger partial charge in [-0.15, -0.1) is 11.3 Å². The molecule has 0 unspecified atom stereocenters. The summed E-state index contributed by atoms with van der Waals surface area (Å²) in [7, 11) is 0. The van der Waals surface area contributed by atoms with E-state index >= 15 is 0 Å². The Hall–Kier alpha value is -2.15. The second-order valence-corrected chi connectivity index (χ2v) is 7.93. The van der Waals surface area contributed by atoms with Crippen molar-refractivity contribution in [2.45, 2.75) is 46.1 Å². The molecule has 134 valence electrons. The zero-order chi connectivity index (χ0) is 18.5. The number of allylic oxidation sites excluding steroid dienone is 3. The molecule has 0 atom stereocenters. The molecule has 1 aromatic carbocycles. The molecular weight excluding hydrogens is 338 g/mol. The summed E-state index contributed by atoms with van der Waals surface area (Å²) in [6.07, 6.45) is 7.78. The minimum atomic E-state index is 0.120. The molecule has 0 amide bonds. The third-order valence-corrected chi connectivity index (χ3v) is 5.83. The van der Waals surface area contributed by atoms with Crippen LogP contribution in [0.3, 0.4) is 0 Å². The molecule has 0 bridgehead atoms. The van der Waals surface area contributed by atoms with Crippen LogP contribution >= 0.6 is 11.3 Å². The molecule has 0 saturated heterocycles. The fraction of sp³-hybridized carbons (Fsp3) is 0.348. The normalized spacial score (nSPS) is 14.6. The molecule has 0 spiro atoms. The lowest BCUT2D eigenvalue weighted by Gasteiger charge is -2.07. The van der Waals surface area contributed by atoms with E-state index in [0.717, 1.165) is 5.57 Å². The van der Waals surface area contributed by atoms with Gasteiger partial charge in [-0.1, -0.05) is 24.3 Å². The van der Waals surface area contributed by atoms with Crippen LogP contribution < -0.4 is 0 Å². The molecule has 0 saturated carbocycles. The van der Waals surface area contributed by atoms with Crippen molar-refractivity contribution in [3.63, 3.8) is 0 Å². The van der Waals surface area contributed by atoms with Crippen molar-refractivity contribution in [1.29, 1.82) is 5.26 Å². The molecule has 3 rings (SSSR count). The van der Waals surface area contributed by atoms with Gasteiger partial charge < -0.3 is 4.74 Å². The molecule has 1 heterocycles. The second-order valence-electron chi connectivity index (χ2n) is 6.85. The molecule has 0 aliphatic heterocycles. The Morgan fingerprint density at radius 2 is 2.12 bits per heavy atom. The molecule has 0 fully saturated rings. The smallest absolute Gasteiger partial charge is 0.0971 e. The highest BCUT2D eigenvalue weighted by Crippen LogP contribution is 2.38. The van der Waals surface area contributed by atoms with Crippen LogP contribution in [0.15, 0.2) is 48.1 Å². The number of nitriles is 1. The highest BCUT2D eigenvalue weighted by Gasteiger charge is 2.16. The predicted molar refractivity (Wildman–Crippen MR) is 110 cm³/mol. The first-order valence-electron chi connectivity index (χ1n) is 9.22. The summed E-state index contributed by atoms with van der Waals surface area (Å²) in [6.45, 7) is 6.34. The van der Waals surface area contributed by atoms with Crippen LogP contribution in [0.4, 0.5) is 0 Å². The number of benzene rings is 1. The fourth-order valence-corrected chi connectivity index (χ4v) is 4.44. The van der Waals surface area contributed by atoms with Crippen LogP contribution in [0, 0.1) is 11.3 Å². The van der Waals surface area contributed by atoms with Crippen LogP contribution in [-0.2, 0) is 17.6 Å². The maximum absolute atomic E-state index is 9.40. The van der Waals surface area contributed by atoms with E-state index in [1.807, 2.05) is 26.8 Å². The SMILES string of the molecule is C/C=C(\C=C(\C#N)COC(C)C)c1ccc(-c2cccc3c2CCC3)s1. The summed E-state index contributed by atoms with van der Waals surface area (Å²) >= 11 is 1.80. The number of thiophene rings is 1. The van der Waals surface area contributed by atoms with Crippen molar-refractivity contribution in [3.05, 3.63) is 64.1 Å². The lowest BCUT2D eigenvalue weighted by molar-refractivity contribution is 0.0992. The van der Waals surface area contributed by atoms with Crippen molar-refractivity contribution in [3.8, 4) is 16.5 Å². The number of hydrogen-bond donors (Lipinski definition) is 0. The molecule has 1 aromatic heterocycles. The largest absolute Gasteiger partial charge is 0.373 e. The van der Waals surface area contributed by atoms with E-state index in [-0.39, 0.29) is 6.10 Å². The van der Waals surface area contributed by atoms with E-state index in [1.165, 1.54) is 45.7 Å². The lowest BCUT2D eigenvalue weighted by Crippen LogP contribution is -2.05. The number of ether oxygens (including phenoxy) is 1. The summed E-state index contributed by atoms with van der Waals surface area (Å²) in [4.78, 5) is 2.50. The molecular formula is C23H25NOS. The third-order valence-electron chi connectivity index (χ3n) is 4.66. The first-order valence-corrected chi connectivity index (χ1v) is 10.0. The second kappa shape index (κ2) is 8.49. The highest BCUT2D eigenvalue weighted by molar-refractivity contribution is 7.16. The van der Waals surface area contributed by atoms with Gasteiger partial charge in [0.15, 0.2) is 0 Å². The standard InChI is InChI=1S/C23H25NOS/c1-4-18(13-17(14-24)15-25-16(2)3)22-11-12-23(26-22)21-10-6-8-19-7-5-9-20(19)21/h4,6,8,10-13,16H,5,7,9,15H2,1-3H3/b17-13-,18-4+. The van der Waals surface area contributed by atoms with E-state index in [2.05, 4.69) is 42.5 Å². The Kier molecular flexibility index (Phi) is 6.08. The predicted octanol–water partition coefficient (Wildman–Crippen LogP) is 6.18. The molecule has 3 heteroatoms. The van der Waals surface area contributed by atoms with Gasteiger partial charge in [0.05, 0.1) is 24.4 Å². The maximum atomic E-state index is 9.40. The van der Waals surface area contributed by atoms with E-state index in [0.29, 0.717) is 12.2 Å². The first-order chi connectivity index (χ1) is 12.6. The zero-order valence-electron chi connectivity index (χ0n) is 15.7. The van der Waals surface area contributed by atoms with Gasteiger partial charge in [0.1, 0.15) is 0 Å². The summed E-state index contributed by atoms with van der Waals surface area (Å²) in [5, 5.41) is 9.40. The van der Waals surface area contributed by atoms with Gasteiger partial charge in [0.2, 0.25) is 0 Å². The van der Waals surface area contributed by atoms with Gasteiger partial charge in [-0.2, -0.15) is 5.26 Å². The Balaban J connectivity index is 1.87. The fourth-order valence-electron chi connectivity index (χ4n) is 3.34. The summed E-state index contributed by atoms with van der Waals surface area (Å²) in [5.74, 6) is 0. The number of aryl methyl sites for hydroxylation is 1. The van der Waals surface area contributed by atoms with Crippen molar-refractivity contribution in [2.75, 3.05) is 6.61 Å². The van der Waals surface area contributed by atoms with Crippen molar-refractivity contribution < 1.29 is 4.74 Å². The Labute approximate surface area is 160 Å². The van der Waals surface area contributed by atoms with Gasteiger partial charge in [-0.25, -0.2) is 0 Å². The van der Waals surface area contributed by atoms with Crippen LogP contribution in [0.25, 0.3) is 16.0 Å². The Morgan fingerprint density at radius 3 is 2.85 bits per heavy atom. The van der Waals surface area contributed by atoms with Crippen molar-refractivity contribution in [2.24, 2.45) is 0 Å².